The van der Waals surface area contributed by atoms with Gasteiger partial charge >= 0.3 is 0 Å². The van der Waals surface area contributed by atoms with Crippen LogP contribution in [0.4, 0.5) is 5.69 Å². The van der Waals surface area contributed by atoms with E-state index < -0.39 is 27.4 Å². The van der Waals surface area contributed by atoms with Gasteiger partial charge in [0.05, 0.1) is 28.7 Å². The molecule has 0 saturated carbocycles. The van der Waals surface area contributed by atoms with Gasteiger partial charge in [-0.1, -0.05) is 41.7 Å². The fourth-order valence-corrected chi connectivity index (χ4v) is 9.79. The van der Waals surface area contributed by atoms with Crippen molar-refractivity contribution in [1.82, 2.24) is 24.8 Å². The summed E-state index contributed by atoms with van der Waals surface area (Å²) in [5, 5.41) is 18.1. The molecular formula is C34H38N6O5S. The average Bonchev–Trinajstić information content (AvgIpc) is 3.58. The summed E-state index contributed by atoms with van der Waals surface area (Å²) >= 11 is 1.56. The highest BCUT2D eigenvalue weighted by atomic mass is 32.2. The van der Waals surface area contributed by atoms with Gasteiger partial charge in [0.15, 0.2) is 0 Å². The maximum atomic E-state index is 14.7. The zero-order valence-corrected chi connectivity index (χ0v) is 26.8. The zero-order valence-electron chi connectivity index (χ0n) is 26.0. The zero-order chi connectivity index (χ0) is 32.1. The van der Waals surface area contributed by atoms with E-state index in [1.54, 1.807) is 31.1 Å². The van der Waals surface area contributed by atoms with Gasteiger partial charge in [-0.3, -0.25) is 14.4 Å². The van der Waals surface area contributed by atoms with E-state index in [2.05, 4.69) is 16.4 Å². The predicted octanol–water partition coefficient (Wildman–Crippen LogP) is 3.25. The van der Waals surface area contributed by atoms with Crippen LogP contribution < -0.4 is 9.64 Å². The summed E-state index contributed by atoms with van der Waals surface area (Å²) in [4.78, 5) is 49.1. The molecule has 1 aromatic heterocycles. The van der Waals surface area contributed by atoms with Gasteiger partial charge in [0, 0.05) is 36.7 Å². The number of thioether (sulfide) groups is 1. The van der Waals surface area contributed by atoms with Gasteiger partial charge in [0.2, 0.25) is 17.7 Å². The number of amides is 3. The van der Waals surface area contributed by atoms with Crippen molar-refractivity contribution >= 4 is 46.2 Å². The fraction of sp³-hybridized carbons (Fsp3) is 0.441. The lowest BCUT2D eigenvalue weighted by Gasteiger charge is -2.36. The van der Waals surface area contributed by atoms with Crippen molar-refractivity contribution in [2.75, 3.05) is 37.7 Å². The van der Waals surface area contributed by atoms with Crippen LogP contribution in [0.3, 0.4) is 0 Å². The van der Waals surface area contributed by atoms with E-state index in [1.807, 2.05) is 80.6 Å². The van der Waals surface area contributed by atoms with Crippen LogP contribution in [0.2, 0.25) is 0 Å². The van der Waals surface area contributed by atoms with Crippen molar-refractivity contribution in [3.8, 4) is 5.75 Å². The molecule has 5 atom stereocenters. The first kappa shape index (κ1) is 30.5. The second kappa shape index (κ2) is 11.9. The minimum atomic E-state index is -0.951. The number of hydrogen-bond donors (Lipinski definition) is 1. The predicted molar refractivity (Wildman–Crippen MR) is 175 cm³/mol. The Hall–Kier alpha value is -4.16. The highest BCUT2D eigenvalue weighted by molar-refractivity contribution is 8.02. The van der Waals surface area contributed by atoms with Crippen LogP contribution in [0.15, 0.2) is 72.8 Å². The highest BCUT2D eigenvalue weighted by Crippen LogP contribution is 2.65. The van der Waals surface area contributed by atoms with E-state index in [0.717, 1.165) is 22.5 Å². The number of para-hydroxylation sites is 1. The summed E-state index contributed by atoms with van der Waals surface area (Å²) in [5.74, 6) is -1.21. The molecule has 2 aromatic carbocycles. The molecule has 4 aliphatic rings. The quantitative estimate of drug-likeness (QED) is 0.279. The summed E-state index contributed by atoms with van der Waals surface area (Å²) in [6, 6.07) is 14.2. The number of anilines is 1. The first-order valence-electron chi connectivity index (χ1n) is 15.9. The maximum absolute atomic E-state index is 14.7. The Morgan fingerprint density at radius 2 is 1.74 bits per heavy atom. The number of hydrogen-bond acceptors (Lipinski definition) is 8. The first-order valence-corrected chi connectivity index (χ1v) is 16.7. The number of rotatable bonds is 9. The Labute approximate surface area is 271 Å². The van der Waals surface area contributed by atoms with Crippen LogP contribution >= 0.6 is 11.8 Å². The van der Waals surface area contributed by atoms with Gasteiger partial charge in [0.1, 0.15) is 24.0 Å². The molecule has 3 amide bonds. The van der Waals surface area contributed by atoms with Gasteiger partial charge in [-0.25, -0.2) is 4.68 Å². The molecular weight excluding hydrogens is 604 g/mol. The lowest BCUT2D eigenvalue weighted by atomic mass is 9.74. The maximum Gasteiger partial charge on any atom is 0.248 e. The molecule has 3 aromatic rings. The van der Waals surface area contributed by atoms with Crippen LogP contribution in [0.25, 0.3) is 11.0 Å². The number of aliphatic hydroxyl groups is 1. The van der Waals surface area contributed by atoms with E-state index in [0.29, 0.717) is 39.1 Å². The number of benzene rings is 2. The summed E-state index contributed by atoms with van der Waals surface area (Å²) in [6.07, 6.45) is 9.11. The number of likely N-dealkylation sites (tertiary alicyclic amines) is 1. The molecule has 2 fully saturated rings. The Morgan fingerprint density at radius 1 is 0.957 bits per heavy atom. The van der Waals surface area contributed by atoms with Gasteiger partial charge in [-0.2, -0.15) is 0 Å². The number of nitrogens with zero attached hydrogens (tertiary/aromatic N) is 6. The standard InChI is InChI=1S/C34H38N6O5S/c1-3-45-24-14-12-23(13-15-24)38-20-8-16-33(2)27(30(38)42)28-31(43)39(19-6-7-21-41)29-32(44)37(18-9-17-34(28,29)46-33)22-40-26-11-5-4-10-25(26)35-36-40/h4-5,8-17,27-29,41H,3,6-7,18-22H2,1-2H3/t27-,28+,29?,33+,34+/m1/s1. The van der Waals surface area contributed by atoms with E-state index in [1.165, 1.54) is 0 Å². The molecule has 240 valence electrons. The Kier molecular flexibility index (Phi) is 7.88. The molecule has 12 heteroatoms. The van der Waals surface area contributed by atoms with Crippen LogP contribution in [-0.2, 0) is 21.1 Å². The van der Waals surface area contributed by atoms with Gasteiger partial charge in [-0.05, 0) is 63.1 Å². The molecule has 0 aliphatic carbocycles. The van der Waals surface area contributed by atoms with Gasteiger partial charge in [-0.15, -0.1) is 16.9 Å². The number of aliphatic hydroxyl groups excluding tert-OH is 1. The summed E-state index contributed by atoms with van der Waals surface area (Å²) in [6.45, 7) is 5.70. The van der Waals surface area contributed by atoms with Crippen molar-refractivity contribution in [2.45, 2.75) is 48.9 Å². The van der Waals surface area contributed by atoms with Crippen LogP contribution in [-0.4, -0.2) is 96.0 Å². The number of fused-ring (bicyclic) bond motifs is 3. The van der Waals surface area contributed by atoms with Crippen molar-refractivity contribution in [2.24, 2.45) is 11.8 Å². The minimum Gasteiger partial charge on any atom is -0.494 e. The SMILES string of the molecule is CCOc1ccc(N2CC=C[C@]3(C)S[C@]45C=CCN(Cn6nnc7ccccc76)C(=O)C4N(CCCCO)C(=O)[C@@H]5[C@@H]3C2=O)cc1. The molecule has 46 heavy (non-hydrogen) atoms. The fourth-order valence-electron chi connectivity index (χ4n) is 7.63. The van der Waals surface area contributed by atoms with Crippen LogP contribution in [0.1, 0.15) is 26.7 Å². The molecule has 7 rings (SSSR count). The van der Waals surface area contributed by atoms with Crippen LogP contribution in [0, 0.1) is 11.8 Å². The number of carbonyl (C=O) groups is 3. The van der Waals surface area contributed by atoms with Gasteiger partial charge < -0.3 is 24.5 Å². The number of unbranched alkanes of at least 4 members (excludes halogenated alkanes) is 1. The van der Waals surface area contributed by atoms with Crippen molar-refractivity contribution in [1.29, 1.82) is 0 Å². The van der Waals surface area contributed by atoms with E-state index in [9.17, 15) is 19.5 Å². The smallest absolute Gasteiger partial charge is 0.248 e. The molecule has 1 spiro atoms. The monoisotopic (exact) mass is 642 g/mol. The summed E-state index contributed by atoms with van der Waals surface area (Å²) in [5.41, 5.74) is 2.28. The normalized spacial score (nSPS) is 28.8. The Morgan fingerprint density at radius 3 is 2.52 bits per heavy atom. The molecule has 2 saturated heterocycles. The average molecular weight is 643 g/mol. The summed E-state index contributed by atoms with van der Waals surface area (Å²) < 4.78 is 5.65. The van der Waals surface area contributed by atoms with Gasteiger partial charge in [0.25, 0.3) is 0 Å². The third kappa shape index (κ3) is 4.80. The molecule has 11 nitrogen and oxygen atoms in total. The van der Waals surface area contributed by atoms with Crippen molar-refractivity contribution in [3.05, 3.63) is 72.8 Å². The molecule has 0 bridgehead atoms. The number of aromatic nitrogens is 3. The van der Waals surface area contributed by atoms with E-state index in [4.69, 9.17) is 4.74 Å². The largest absolute Gasteiger partial charge is 0.494 e. The topological polar surface area (TPSA) is 121 Å². The third-order valence-electron chi connectivity index (χ3n) is 9.63. The Bertz CT molecular complexity index is 1720. The lowest BCUT2D eigenvalue weighted by molar-refractivity contribution is -0.143. The van der Waals surface area contributed by atoms with E-state index >= 15 is 0 Å². The Balaban J connectivity index is 1.26. The van der Waals surface area contributed by atoms with E-state index in [-0.39, 0.29) is 31.0 Å². The highest BCUT2D eigenvalue weighted by Gasteiger charge is 2.73. The summed E-state index contributed by atoms with van der Waals surface area (Å²) in [7, 11) is 0. The van der Waals surface area contributed by atoms with Crippen molar-refractivity contribution < 1.29 is 24.2 Å². The second-order valence-corrected chi connectivity index (χ2v) is 14.2. The minimum absolute atomic E-state index is 0.00358. The lowest BCUT2D eigenvalue weighted by Crippen LogP contribution is -2.53. The first-order chi connectivity index (χ1) is 22.3. The third-order valence-corrected chi connectivity index (χ3v) is 11.4. The molecule has 4 aliphatic heterocycles. The number of carbonyl (C=O) groups excluding carboxylic acids is 3. The van der Waals surface area contributed by atoms with Crippen LogP contribution in [0.5, 0.6) is 5.75 Å². The molecule has 0 radical (unpaired) electrons. The molecule has 5 heterocycles. The van der Waals surface area contributed by atoms with Crippen molar-refractivity contribution in [3.63, 3.8) is 0 Å². The second-order valence-electron chi connectivity index (χ2n) is 12.4. The molecule has 1 unspecified atom stereocenters. The number of ether oxygens (including phenoxy) is 1. The molecule has 1 N–H and O–H groups in total.